The fraction of sp³-hybridized carbons (Fsp3) is 0.143. The summed E-state index contributed by atoms with van der Waals surface area (Å²) < 4.78 is 1.17. The van der Waals surface area contributed by atoms with Crippen molar-refractivity contribution in [2.45, 2.75) is 0 Å². The average molecular weight is 165 g/mol. The summed E-state index contributed by atoms with van der Waals surface area (Å²) in [6.45, 7) is 0. The van der Waals surface area contributed by atoms with E-state index in [0.717, 1.165) is 11.2 Å². The SMILES string of the molecule is CNc1cnnc2ccsc12. The summed E-state index contributed by atoms with van der Waals surface area (Å²) in [5.74, 6) is 0. The van der Waals surface area contributed by atoms with Crippen molar-refractivity contribution in [1.82, 2.24) is 10.2 Å². The first-order valence-corrected chi connectivity index (χ1v) is 4.16. The molecule has 0 bridgehead atoms. The van der Waals surface area contributed by atoms with Crippen LogP contribution in [-0.4, -0.2) is 17.2 Å². The van der Waals surface area contributed by atoms with Crippen LogP contribution in [0.3, 0.4) is 0 Å². The zero-order chi connectivity index (χ0) is 7.68. The van der Waals surface area contributed by atoms with Crippen LogP contribution in [0.15, 0.2) is 17.6 Å². The highest BCUT2D eigenvalue weighted by Crippen LogP contribution is 2.24. The lowest BCUT2D eigenvalue weighted by molar-refractivity contribution is 1.08. The number of fused-ring (bicyclic) bond motifs is 1. The Balaban J connectivity index is 2.79. The molecule has 2 aromatic heterocycles. The highest BCUT2D eigenvalue weighted by Gasteiger charge is 2.00. The maximum Gasteiger partial charge on any atom is 0.106 e. The van der Waals surface area contributed by atoms with Gasteiger partial charge in [-0.05, 0) is 11.4 Å². The molecule has 0 unspecified atom stereocenters. The fourth-order valence-electron chi connectivity index (χ4n) is 0.968. The van der Waals surface area contributed by atoms with Gasteiger partial charge in [-0.1, -0.05) is 0 Å². The van der Waals surface area contributed by atoms with E-state index in [0.29, 0.717) is 0 Å². The van der Waals surface area contributed by atoms with Crippen molar-refractivity contribution >= 4 is 27.2 Å². The first-order valence-electron chi connectivity index (χ1n) is 3.28. The van der Waals surface area contributed by atoms with Crippen LogP contribution in [-0.2, 0) is 0 Å². The summed E-state index contributed by atoms with van der Waals surface area (Å²) in [4.78, 5) is 0. The van der Waals surface area contributed by atoms with Crippen molar-refractivity contribution in [3.05, 3.63) is 17.6 Å². The van der Waals surface area contributed by atoms with Gasteiger partial charge in [-0.2, -0.15) is 5.10 Å². The van der Waals surface area contributed by atoms with Gasteiger partial charge >= 0.3 is 0 Å². The molecule has 56 valence electrons. The van der Waals surface area contributed by atoms with Crippen molar-refractivity contribution in [2.24, 2.45) is 0 Å². The quantitative estimate of drug-likeness (QED) is 0.699. The topological polar surface area (TPSA) is 37.8 Å². The highest BCUT2D eigenvalue weighted by atomic mass is 32.1. The van der Waals surface area contributed by atoms with Gasteiger partial charge in [-0.15, -0.1) is 16.4 Å². The number of rotatable bonds is 1. The second-order valence-corrected chi connectivity index (χ2v) is 3.06. The number of nitrogens with zero attached hydrogens (tertiary/aromatic N) is 2. The molecule has 0 radical (unpaired) electrons. The Hall–Kier alpha value is -1.16. The van der Waals surface area contributed by atoms with E-state index in [1.807, 2.05) is 18.5 Å². The minimum atomic E-state index is 0.960. The fourth-order valence-corrected chi connectivity index (χ4v) is 1.81. The summed E-state index contributed by atoms with van der Waals surface area (Å²) in [5.41, 5.74) is 2.01. The normalized spacial score (nSPS) is 10.3. The van der Waals surface area contributed by atoms with Gasteiger partial charge in [-0.25, -0.2) is 0 Å². The molecule has 0 saturated carbocycles. The van der Waals surface area contributed by atoms with Crippen LogP contribution in [0, 0.1) is 0 Å². The lowest BCUT2D eigenvalue weighted by Gasteiger charge is -1.97. The molecular weight excluding hydrogens is 158 g/mol. The van der Waals surface area contributed by atoms with Crippen molar-refractivity contribution in [2.75, 3.05) is 12.4 Å². The van der Waals surface area contributed by atoms with Crippen LogP contribution in [0.4, 0.5) is 5.69 Å². The molecule has 0 aliphatic rings. The van der Waals surface area contributed by atoms with Gasteiger partial charge in [0.2, 0.25) is 0 Å². The molecule has 0 aromatic carbocycles. The van der Waals surface area contributed by atoms with E-state index in [2.05, 4.69) is 15.5 Å². The van der Waals surface area contributed by atoms with E-state index >= 15 is 0 Å². The zero-order valence-corrected chi connectivity index (χ0v) is 6.85. The lowest BCUT2D eigenvalue weighted by Crippen LogP contribution is -1.90. The standard InChI is InChI=1S/C7H7N3S/c1-8-6-4-9-10-5-2-3-11-7(5)6/h2-4H,1H3,(H,8,10). The zero-order valence-electron chi connectivity index (χ0n) is 6.03. The van der Waals surface area contributed by atoms with Gasteiger partial charge in [-0.3, -0.25) is 0 Å². The molecular formula is C7H7N3S. The van der Waals surface area contributed by atoms with Crippen LogP contribution in [0.1, 0.15) is 0 Å². The largest absolute Gasteiger partial charge is 0.386 e. The maximum atomic E-state index is 3.97. The summed E-state index contributed by atoms with van der Waals surface area (Å²) in [6.07, 6.45) is 1.73. The summed E-state index contributed by atoms with van der Waals surface area (Å²) in [7, 11) is 1.89. The first kappa shape index (κ1) is 6.54. The van der Waals surface area contributed by atoms with Crippen molar-refractivity contribution in [3.63, 3.8) is 0 Å². The predicted molar refractivity (Wildman–Crippen MR) is 47.0 cm³/mol. The molecule has 0 saturated heterocycles. The van der Waals surface area contributed by atoms with Gasteiger partial charge in [0, 0.05) is 7.05 Å². The first-order chi connectivity index (χ1) is 5.42. The van der Waals surface area contributed by atoms with Crippen LogP contribution < -0.4 is 5.32 Å². The van der Waals surface area contributed by atoms with Crippen molar-refractivity contribution < 1.29 is 0 Å². The van der Waals surface area contributed by atoms with Gasteiger partial charge in [0.15, 0.2) is 0 Å². The van der Waals surface area contributed by atoms with Crippen LogP contribution in [0.25, 0.3) is 10.2 Å². The molecule has 4 heteroatoms. The molecule has 0 aliphatic heterocycles. The minimum Gasteiger partial charge on any atom is -0.386 e. The molecule has 0 fully saturated rings. The van der Waals surface area contributed by atoms with Crippen molar-refractivity contribution in [3.8, 4) is 0 Å². The number of anilines is 1. The molecule has 0 aliphatic carbocycles. The number of hydrogen-bond acceptors (Lipinski definition) is 4. The molecule has 2 rings (SSSR count). The molecule has 2 aromatic rings. The van der Waals surface area contributed by atoms with E-state index < -0.39 is 0 Å². The summed E-state index contributed by atoms with van der Waals surface area (Å²) in [5, 5.41) is 12.9. The highest BCUT2D eigenvalue weighted by molar-refractivity contribution is 7.17. The molecule has 1 N–H and O–H groups in total. The van der Waals surface area contributed by atoms with Crippen molar-refractivity contribution in [1.29, 1.82) is 0 Å². The van der Waals surface area contributed by atoms with E-state index in [4.69, 9.17) is 0 Å². The molecule has 2 heterocycles. The maximum absolute atomic E-state index is 3.97. The number of aromatic nitrogens is 2. The van der Waals surface area contributed by atoms with E-state index in [1.54, 1.807) is 17.5 Å². The predicted octanol–water partition coefficient (Wildman–Crippen LogP) is 1.73. The Bertz CT molecular complexity index is 368. The van der Waals surface area contributed by atoms with Gasteiger partial charge in [0.05, 0.1) is 16.6 Å². The van der Waals surface area contributed by atoms with E-state index in [9.17, 15) is 0 Å². The Morgan fingerprint density at radius 3 is 3.27 bits per heavy atom. The second-order valence-electron chi connectivity index (χ2n) is 2.14. The van der Waals surface area contributed by atoms with E-state index in [-0.39, 0.29) is 0 Å². The second kappa shape index (κ2) is 2.47. The molecule has 0 atom stereocenters. The number of hydrogen-bond donors (Lipinski definition) is 1. The van der Waals surface area contributed by atoms with Gasteiger partial charge in [0.25, 0.3) is 0 Å². The number of thiophene rings is 1. The Kier molecular flexibility index (Phi) is 1.47. The smallest absolute Gasteiger partial charge is 0.106 e. The third-order valence-corrected chi connectivity index (χ3v) is 2.45. The van der Waals surface area contributed by atoms with Crippen LogP contribution in [0.5, 0.6) is 0 Å². The summed E-state index contributed by atoms with van der Waals surface area (Å²) in [6, 6.07) is 1.97. The third-order valence-electron chi connectivity index (χ3n) is 1.51. The Labute approximate surface area is 68.1 Å². The lowest BCUT2D eigenvalue weighted by atomic mass is 10.4. The Morgan fingerprint density at radius 2 is 2.45 bits per heavy atom. The monoisotopic (exact) mass is 165 g/mol. The van der Waals surface area contributed by atoms with Gasteiger partial charge < -0.3 is 5.32 Å². The minimum absolute atomic E-state index is 0.960. The third kappa shape index (κ3) is 0.952. The van der Waals surface area contributed by atoms with E-state index in [1.165, 1.54) is 4.70 Å². The number of nitrogens with one attached hydrogen (secondary N) is 1. The van der Waals surface area contributed by atoms with Crippen LogP contribution in [0.2, 0.25) is 0 Å². The molecule has 11 heavy (non-hydrogen) atoms. The molecule has 3 nitrogen and oxygen atoms in total. The van der Waals surface area contributed by atoms with Gasteiger partial charge in [0.1, 0.15) is 5.52 Å². The average Bonchev–Trinajstić information content (AvgIpc) is 2.50. The molecule has 0 spiro atoms. The Morgan fingerprint density at radius 1 is 1.55 bits per heavy atom. The molecule has 0 amide bonds. The van der Waals surface area contributed by atoms with Crippen LogP contribution >= 0.6 is 11.3 Å². The summed E-state index contributed by atoms with van der Waals surface area (Å²) >= 11 is 1.67.